The number of ether oxygens (including phenoxy) is 2. The summed E-state index contributed by atoms with van der Waals surface area (Å²) < 4.78 is 11.1. The molecule has 0 aliphatic carbocycles. The number of nitrogens with zero attached hydrogens (tertiary/aromatic N) is 1. The van der Waals surface area contributed by atoms with Crippen LogP contribution in [0.3, 0.4) is 0 Å². The highest BCUT2D eigenvalue weighted by atomic mass is 35.5. The minimum Gasteiger partial charge on any atom is -0.490 e. The van der Waals surface area contributed by atoms with E-state index in [1.54, 1.807) is 12.1 Å². The van der Waals surface area contributed by atoms with E-state index in [1.165, 1.54) is 6.07 Å². The van der Waals surface area contributed by atoms with Gasteiger partial charge in [0.1, 0.15) is 5.69 Å². The van der Waals surface area contributed by atoms with E-state index >= 15 is 0 Å². The van der Waals surface area contributed by atoms with Crippen LogP contribution >= 0.6 is 11.6 Å². The van der Waals surface area contributed by atoms with Crippen LogP contribution in [0.1, 0.15) is 16.9 Å². The van der Waals surface area contributed by atoms with Gasteiger partial charge in [0.15, 0.2) is 11.5 Å². The first-order chi connectivity index (χ1) is 9.15. The van der Waals surface area contributed by atoms with Crippen molar-refractivity contribution in [3.05, 3.63) is 28.9 Å². The lowest BCUT2D eigenvalue weighted by atomic mass is 10.1. The van der Waals surface area contributed by atoms with Gasteiger partial charge >= 0.3 is 5.97 Å². The van der Waals surface area contributed by atoms with E-state index in [-0.39, 0.29) is 5.69 Å². The van der Waals surface area contributed by atoms with Crippen molar-refractivity contribution >= 4 is 28.5 Å². The number of carboxylic acids is 1. The van der Waals surface area contributed by atoms with Crippen molar-refractivity contribution in [3.63, 3.8) is 0 Å². The molecule has 0 atom stereocenters. The van der Waals surface area contributed by atoms with E-state index in [2.05, 4.69) is 4.98 Å². The van der Waals surface area contributed by atoms with Crippen LogP contribution in [0.25, 0.3) is 10.9 Å². The third-order valence-electron chi connectivity index (χ3n) is 2.85. The Kier molecular flexibility index (Phi) is 2.91. The van der Waals surface area contributed by atoms with E-state index in [0.29, 0.717) is 40.6 Å². The second kappa shape index (κ2) is 4.59. The summed E-state index contributed by atoms with van der Waals surface area (Å²) in [7, 11) is 0. The number of fused-ring (bicyclic) bond motifs is 2. The Morgan fingerprint density at radius 2 is 1.89 bits per heavy atom. The van der Waals surface area contributed by atoms with E-state index in [9.17, 15) is 4.79 Å². The van der Waals surface area contributed by atoms with Gasteiger partial charge in [-0.05, 0) is 12.1 Å². The fourth-order valence-corrected chi connectivity index (χ4v) is 2.21. The number of halogens is 1. The van der Waals surface area contributed by atoms with Gasteiger partial charge in [-0.1, -0.05) is 11.6 Å². The van der Waals surface area contributed by atoms with Gasteiger partial charge in [-0.25, -0.2) is 9.78 Å². The van der Waals surface area contributed by atoms with Crippen molar-refractivity contribution in [3.8, 4) is 11.5 Å². The maximum absolute atomic E-state index is 11.0. The number of hydrogen-bond acceptors (Lipinski definition) is 4. The Balaban J connectivity index is 2.23. The second-order valence-corrected chi connectivity index (χ2v) is 4.57. The molecular weight excluding hydrogens is 270 g/mol. The van der Waals surface area contributed by atoms with E-state index in [0.717, 1.165) is 6.42 Å². The number of aromatic nitrogens is 1. The molecule has 6 heteroatoms. The summed E-state index contributed by atoms with van der Waals surface area (Å²) in [5, 5.41) is 9.96. The summed E-state index contributed by atoms with van der Waals surface area (Å²) >= 11 is 6.09. The molecule has 0 spiro atoms. The molecule has 19 heavy (non-hydrogen) atoms. The lowest BCUT2D eigenvalue weighted by molar-refractivity contribution is 0.0691. The third kappa shape index (κ3) is 2.17. The van der Waals surface area contributed by atoms with Gasteiger partial charge in [0.25, 0.3) is 0 Å². The lowest BCUT2D eigenvalue weighted by Crippen LogP contribution is -2.01. The molecule has 0 amide bonds. The highest BCUT2D eigenvalue weighted by molar-refractivity contribution is 6.35. The molecule has 2 heterocycles. The van der Waals surface area contributed by atoms with E-state index in [1.807, 2.05) is 0 Å². The Bertz CT molecular complexity index is 671. The fourth-order valence-electron chi connectivity index (χ4n) is 1.95. The number of carboxylic acid groups (broad SMARTS) is 1. The highest BCUT2D eigenvalue weighted by Crippen LogP contribution is 2.36. The monoisotopic (exact) mass is 279 g/mol. The topological polar surface area (TPSA) is 68.7 Å². The molecule has 1 aromatic heterocycles. The molecule has 0 saturated heterocycles. The predicted molar refractivity (Wildman–Crippen MR) is 69.3 cm³/mol. The maximum atomic E-state index is 11.0. The van der Waals surface area contributed by atoms with Crippen molar-refractivity contribution in [2.45, 2.75) is 6.42 Å². The Hall–Kier alpha value is -2.01. The summed E-state index contributed by atoms with van der Waals surface area (Å²) in [5.74, 6) is 0.0591. The number of aromatic carboxylic acids is 1. The molecule has 0 radical (unpaired) electrons. The van der Waals surface area contributed by atoms with Gasteiger partial charge in [0.2, 0.25) is 0 Å². The van der Waals surface area contributed by atoms with Crippen LogP contribution in [0.5, 0.6) is 11.5 Å². The number of pyridine rings is 1. The van der Waals surface area contributed by atoms with Gasteiger partial charge in [-0.3, -0.25) is 0 Å². The molecule has 3 rings (SSSR count). The standard InChI is InChI=1S/C13H10ClNO4/c14-8-5-10(13(16)17)15-9-6-12-11(4-7(8)9)18-2-1-3-19-12/h4-6H,1-3H2,(H,16,17). The first kappa shape index (κ1) is 12.0. The van der Waals surface area contributed by atoms with Crippen molar-refractivity contribution < 1.29 is 19.4 Å². The van der Waals surface area contributed by atoms with E-state index < -0.39 is 5.97 Å². The quantitative estimate of drug-likeness (QED) is 0.869. The van der Waals surface area contributed by atoms with E-state index in [4.69, 9.17) is 26.2 Å². The molecule has 1 N–H and O–H groups in total. The van der Waals surface area contributed by atoms with Crippen LogP contribution in [-0.2, 0) is 0 Å². The fraction of sp³-hybridized carbons (Fsp3) is 0.231. The van der Waals surface area contributed by atoms with Crippen molar-refractivity contribution in [1.82, 2.24) is 4.98 Å². The molecule has 1 aliphatic rings. The summed E-state index contributed by atoms with van der Waals surface area (Å²) in [6.07, 6.45) is 0.798. The normalized spacial score (nSPS) is 14.2. The molecule has 0 unspecified atom stereocenters. The van der Waals surface area contributed by atoms with Gasteiger partial charge in [0.05, 0.1) is 23.8 Å². The SMILES string of the molecule is O=C(O)c1cc(Cl)c2cc3c(cc2n1)OCCCO3. The van der Waals surface area contributed by atoms with Gasteiger partial charge < -0.3 is 14.6 Å². The molecule has 98 valence electrons. The first-order valence-electron chi connectivity index (χ1n) is 5.78. The molecule has 0 saturated carbocycles. The Morgan fingerprint density at radius 1 is 1.21 bits per heavy atom. The molecule has 2 aromatic rings. The number of hydrogen-bond donors (Lipinski definition) is 1. The zero-order valence-corrected chi connectivity index (χ0v) is 10.6. The first-order valence-corrected chi connectivity index (χ1v) is 6.16. The average molecular weight is 280 g/mol. The zero-order valence-electron chi connectivity index (χ0n) is 9.85. The maximum Gasteiger partial charge on any atom is 0.354 e. The molecule has 5 nitrogen and oxygen atoms in total. The minimum atomic E-state index is -1.11. The summed E-state index contributed by atoms with van der Waals surface area (Å²) in [5.41, 5.74) is 0.390. The number of benzene rings is 1. The van der Waals surface area contributed by atoms with Gasteiger partial charge in [-0.2, -0.15) is 0 Å². The highest BCUT2D eigenvalue weighted by Gasteiger charge is 2.16. The Labute approximate surface area is 113 Å². The van der Waals surface area contributed by atoms with Crippen molar-refractivity contribution in [2.75, 3.05) is 13.2 Å². The number of carbonyl (C=O) groups is 1. The molecule has 1 aromatic carbocycles. The van der Waals surface area contributed by atoms with Crippen LogP contribution in [0.15, 0.2) is 18.2 Å². The van der Waals surface area contributed by atoms with Crippen LogP contribution < -0.4 is 9.47 Å². The minimum absolute atomic E-state index is 0.0907. The summed E-state index contributed by atoms with van der Waals surface area (Å²) in [6.45, 7) is 1.14. The van der Waals surface area contributed by atoms with Crippen LogP contribution in [0.2, 0.25) is 5.02 Å². The summed E-state index contributed by atoms with van der Waals surface area (Å²) in [6, 6.07) is 4.72. The number of rotatable bonds is 1. The smallest absolute Gasteiger partial charge is 0.354 e. The van der Waals surface area contributed by atoms with Crippen molar-refractivity contribution in [1.29, 1.82) is 0 Å². The second-order valence-electron chi connectivity index (χ2n) is 4.16. The molecule has 1 aliphatic heterocycles. The lowest BCUT2D eigenvalue weighted by Gasteiger charge is -2.09. The molecule has 0 fully saturated rings. The molecular formula is C13H10ClNO4. The largest absolute Gasteiger partial charge is 0.490 e. The van der Waals surface area contributed by atoms with Crippen LogP contribution in [-0.4, -0.2) is 29.3 Å². The van der Waals surface area contributed by atoms with Crippen LogP contribution in [0.4, 0.5) is 0 Å². The van der Waals surface area contributed by atoms with Gasteiger partial charge in [-0.15, -0.1) is 0 Å². The zero-order chi connectivity index (χ0) is 13.4. The predicted octanol–water partition coefficient (Wildman–Crippen LogP) is 2.75. The molecule has 0 bridgehead atoms. The van der Waals surface area contributed by atoms with Gasteiger partial charge in [0, 0.05) is 17.9 Å². The summed E-state index contributed by atoms with van der Waals surface area (Å²) in [4.78, 5) is 15.0. The third-order valence-corrected chi connectivity index (χ3v) is 3.16. The van der Waals surface area contributed by atoms with Crippen LogP contribution in [0, 0.1) is 0 Å². The Morgan fingerprint density at radius 3 is 2.58 bits per heavy atom. The average Bonchev–Trinajstić information content (AvgIpc) is 2.61. The van der Waals surface area contributed by atoms with Crippen molar-refractivity contribution in [2.24, 2.45) is 0 Å².